The van der Waals surface area contributed by atoms with Gasteiger partial charge in [0.25, 0.3) is 5.91 Å². The summed E-state index contributed by atoms with van der Waals surface area (Å²) < 4.78 is 0. The van der Waals surface area contributed by atoms with Gasteiger partial charge in [0.15, 0.2) is 0 Å². The zero-order chi connectivity index (χ0) is 17.5. The van der Waals surface area contributed by atoms with Crippen molar-refractivity contribution in [2.45, 2.75) is 27.2 Å². The molecule has 1 amide bonds. The molecule has 0 fully saturated rings. The van der Waals surface area contributed by atoms with Gasteiger partial charge in [0, 0.05) is 12.1 Å². The van der Waals surface area contributed by atoms with Gasteiger partial charge < -0.3 is 10.2 Å². The molecular formula is C18H24ClN3OS. The van der Waals surface area contributed by atoms with E-state index < -0.39 is 0 Å². The summed E-state index contributed by atoms with van der Waals surface area (Å²) in [5, 5.41) is 4.43. The number of benzene rings is 1. The normalized spacial score (nSPS) is 11.0. The summed E-state index contributed by atoms with van der Waals surface area (Å²) >= 11 is 7.61. The largest absolute Gasteiger partial charge is 0.351 e. The number of carbonyl (C=O) groups is 1. The Kier molecular flexibility index (Phi) is 7.21. The number of rotatable bonds is 8. The van der Waals surface area contributed by atoms with E-state index in [4.69, 9.17) is 11.6 Å². The molecule has 130 valence electrons. The highest BCUT2D eigenvalue weighted by Gasteiger charge is 2.17. The van der Waals surface area contributed by atoms with Crippen molar-refractivity contribution in [2.75, 3.05) is 26.2 Å². The van der Waals surface area contributed by atoms with E-state index >= 15 is 0 Å². The fraction of sp³-hybridized carbons (Fsp3) is 0.444. The van der Waals surface area contributed by atoms with Crippen LogP contribution in [0.15, 0.2) is 24.3 Å². The summed E-state index contributed by atoms with van der Waals surface area (Å²) in [6.07, 6.45) is 0.947. The molecule has 0 atom stereocenters. The fourth-order valence-corrected chi connectivity index (χ4v) is 3.78. The van der Waals surface area contributed by atoms with Crippen LogP contribution in [-0.2, 0) is 0 Å². The highest BCUT2D eigenvalue weighted by Crippen LogP contribution is 2.32. The van der Waals surface area contributed by atoms with Gasteiger partial charge in [-0.3, -0.25) is 4.79 Å². The Morgan fingerprint density at radius 2 is 2.00 bits per heavy atom. The number of carbonyl (C=O) groups excluding carboxylic acids is 1. The predicted octanol–water partition coefficient (Wildman–Crippen LogP) is 4.23. The lowest BCUT2D eigenvalue weighted by atomic mass is 10.2. The molecule has 0 saturated heterocycles. The van der Waals surface area contributed by atoms with Crippen LogP contribution in [-0.4, -0.2) is 42.0 Å². The van der Waals surface area contributed by atoms with Crippen molar-refractivity contribution in [1.82, 2.24) is 15.2 Å². The maximum Gasteiger partial charge on any atom is 0.263 e. The van der Waals surface area contributed by atoms with Crippen LogP contribution in [0.4, 0.5) is 0 Å². The number of aryl methyl sites for hydroxylation is 1. The Bertz CT molecular complexity index is 683. The molecule has 0 spiro atoms. The first-order chi connectivity index (χ1) is 11.6. The third-order valence-electron chi connectivity index (χ3n) is 3.94. The first kappa shape index (κ1) is 18.9. The summed E-state index contributed by atoms with van der Waals surface area (Å²) in [4.78, 5) is 19.9. The molecule has 0 bridgehead atoms. The summed E-state index contributed by atoms with van der Waals surface area (Å²) in [7, 11) is 0. The lowest BCUT2D eigenvalue weighted by Gasteiger charge is -2.17. The maximum absolute atomic E-state index is 12.4. The van der Waals surface area contributed by atoms with Gasteiger partial charge in [-0.1, -0.05) is 43.6 Å². The van der Waals surface area contributed by atoms with Crippen molar-refractivity contribution in [3.05, 3.63) is 39.9 Å². The van der Waals surface area contributed by atoms with Crippen molar-refractivity contribution in [2.24, 2.45) is 0 Å². The van der Waals surface area contributed by atoms with E-state index in [1.54, 1.807) is 0 Å². The average Bonchev–Trinajstić information content (AvgIpc) is 2.97. The minimum absolute atomic E-state index is 0.0529. The zero-order valence-electron chi connectivity index (χ0n) is 14.4. The number of halogens is 1. The highest BCUT2D eigenvalue weighted by atomic mass is 35.5. The van der Waals surface area contributed by atoms with Gasteiger partial charge in [-0.15, -0.1) is 11.3 Å². The van der Waals surface area contributed by atoms with Crippen LogP contribution < -0.4 is 5.32 Å². The first-order valence-electron chi connectivity index (χ1n) is 8.29. The monoisotopic (exact) mass is 365 g/mol. The number of nitrogens with zero attached hydrogens (tertiary/aromatic N) is 2. The molecule has 24 heavy (non-hydrogen) atoms. The number of hydrogen-bond acceptors (Lipinski definition) is 4. The highest BCUT2D eigenvalue weighted by molar-refractivity contribution is 7.17. The second-order valence-corrected chi connectivity index (χ2v) is 6.96. The Hall–Kier alpha value is -1.43. The molecule has 1 aromatic heterocycles. The van der Waals surface area contributed by atoms with Crippen LogP contribution in [0, 0.1) is 6.92 Å². The molecule has 2 aromatic rings. The third-order valence-corrected chi connectivity index (χ3v) is 5.46. The molecule has 2 rings (SSSR count). The number of nitrogens with one attached hydrogen (secondary N) is 1. The summed E-state index contributed by atoms with van der Waals surface area (Å²) in [6, 6.07) is 7.56. The zero-order valence-corrected chi connectivity index (χ0v) is 16.0. The van der Waals surface area contributed by atoms with Gasteiger partial charge in [-0.25, -0.2) is 4.98 Å². The van der Waals surface area contributed by atoms with Crippen LogP contribution in [0.2, 0.25) is 5.02 Å². The SMILES string of the molecule is CCN(CC)CCCNC(=O)c1sc(-c2ccccc2Cl)nc1C. The summed E-state index contributed by atoms with van der Waals surface area (Å²) in [6.45, 7) is 9.92. The van der Waals surface area contributed by atoms with Crippen molar-refractivity contribution in [3.8, 4) is 10.6 Å². The molecular weight excluding hydrogens is 342 g/mol. The van der Waals surface area contributed by atoms with Crippen molar-refractivity contribution in [1.29, 1.82) is 0 Å². The molecule has 0 aliphatic rings. The fourth-order valence-electron chi connectivity index (χ4n) is 2.48. The smallest absolute Gasteiger partial charge is 0.263 e. The lowest BCUT2D eigenvalue weighted by molar-refractivity contribution is 0.0955. The minimum atomic E-state index is -0.0529. The average molecular weight is 366 g/mol. The third kappa shape index (κ3) is 4.79. The topological polar surface area (TPSA) is 45.2 Å². The van der Waals surface area contributed by atoms with E-state index in [1.807, 2.05) is 31.2 Å². The van der Waals surface area contributed by atoms with Gasteiger partial charge in [0.2, 0.25) is 0 Å². The number of aromatic nitrogens is 1. The molecule has 0 radical (unpaired) electrons. The second kappa shape index (κ2) is 9.16. The van der Waals surface area contributed by atoms with Crippen molar-refractivity contribution >= 4 is 28.8 Å². The van der Waals surface area contributed by atoms with Crippen molar-refractivity contribution in [3.63, 3.8) is 0 Å². The first-order valence-corrected chi connectivity index (χ1v) is 9.49. The van der Waals surface area contributed by atoms with Gasteiger partial charge in [0.05, 0.1) is 10.7 Å². The Morgan fingerprint density at radius 3 is 2.67 bits per heavy atom. The van der Waals surface area contributed by atoms with E-state index in [2.05, 4.69) is 29.0 Å². The molecule has 1 heterocycles. The van der Waals surface area contributed by atoms with Crippen LogP contribution in [0.3, 0.4) is 0 Å². The van der Waals surface area contributed by atoms with Crippen LogP contribution in [0.1, 0.15) is 35.6 Å². The van der Waals surface area contributed by atoms with Gasteiger partial charge in [0.1, 0.15) is 9.88 Å². The Morgan fingerprint density at radius 1 is 1.29 bits per heavy atom. The van der Waals surface area contributed by atoms with Gasteiger partial charge >= 0.3 is 0 Å². The Balaban J connectivity index is 1.97. The van der Waals surface area contributed by atoms with Crippen LogP contribution >= 0.6 is 22.9 Å². The standard InChI is InChI=1S/C18H24ClN3OS/c1-4-22(5-2)12-8-11-20-17(23)16-13(3)21-18(24-16)14-9-6-7-10-15(14)19/h6-7,9-10H,4-5,8,11-12H2,1-3H3,(H,20,23). The second-order valence-electron chi connectivity index (χ2n) is 5.55. The molecule has 4 nitrogen and oxygen atoms in total. The van der Waals surface area contributed by atoms with Crippen molar-refractivity contribution < 1.29 is 4.79 Å². The summed E-state index contributed by atoms with van der Waals surface area (Å²) in [5.41, 5.74) is 1.61. The number of thiazole rings is 1. The van der Waals surface area contributed by atoms with Gasteiger partial charge in [-0.2, -0.15) is 0 Å². The lowest BCUT2D eigenvalue weighted by Crippen LogP contribution is -2.29. The molecule has 1 aromatic carbocycles. The van der Waals surface area contributed by atoms with E-state index in [0.717, 1.165) is 42.3 Å². The van der Waals surface area contributed by atoms with E-state index in [-0.39, 0.29) is 5.91 Å². The predicted molar refractivity (Wildman–Crippen MR) is 102 cm³/mol. The van der Waals surface area contributed by atoms with Crippen LogP contribution in [0.25, 0.3) is 10.6 Å². The van der Waals surface area contributed by atoms with E-state index in [1.165, 1.54) is 11.3 Å². The van der Waals surface area contributed by atoms with Gasteiger partial charge in [-0.05, 0) is 39.0 Å². The Labute approximate surface area is 152 Å². The van der Waals surface area contributed by atoms with E-state index in [9.17, 15) is 4.79 Å². The molecule has 0 saturated carbocycles. The number of hydrogen-bond donors (Lipinski definition) is 1. The van der Waals surface area contributed by atoms with E-state index in [0.29, 0.717) is 16.4 Å². The quantitative estimate of drug-likeness (QED) is 0.712. The molecule has 1 N–H and O–H groups in total. The molecule has 0 aliphatic heterocycles. The molecule has 0 unspecified atom stereocenters. The molecule has 6 heteroatoms. The minimum Gasteiger partial charge on any atom is -0.351 e. The molecule has 0 aliphatic carbocycles. The number of amides is 1. The summed E-state index contributed by atoms with van der Waals surface area (Å²) in [5.74, 6) is -0.0529. The van der Waals surface area contributed by atoms with Crippen LogP contribution in [0.5, 0.6) is 0 Å². The maximum atomic E-state index is 12.4.